The summed E-state index contributed by atoms with van der Waals surface area (Å²) < 4.78 is 0. The van der Waals surface area contributed by atoms with Crippen molar-refractivity contribution >= 4 is 17.5 Å². The molecule has 6 nitrogen and oxygen atoms in total. The van der Waals surface area contributed by atoms with Crippen LogP contribution in [-0.4, -0.2) is 30.1 Å². The number of hydrogen-bond donors (Lipinski definition) is 2. The normalized spacial score (nSPS) is 22.2. The van der Waals surface area contributed by atoms with Gasteiger partial charge in [-0.3, -0.25) is 9.59 Å². The summed E-state index contributed by atoms with van der Waals surface area (Å²) in [4.78, 5) is 30.4. The Bertz CT molecular complexity index is 636. The molecule has 3 rings (SSSR count). The van der Waals surface area contributed by atoms with Gasteiger partial charge in [0.1, 0.15) is 11.3 Å². The quantitative estimate of drug-likeness (QED) is 0.887. The van der Waals surface area contributed by atoms with Gasteiger partial charge in [-0.15, -0.1) is 0 Å². The van der Waals surface area contributed by atoms with E-state index in [-0.39, 0.29) is 17.9 Å². The molecule has 0 radical (unpaired) electrons. The number of nitrogens with one attached hydrogen (secondary N) is 2. The van der Waals surface area contributed by atoms with Gasteiger partial charge in [-0.1, -0.05) is 54.8 Å². The molecule has 0 spiro atoms. The van der Waals surface area contributed by atoms with Crippen LogP contribution in [0.5, 0.6) is 0 Å². The summed E-state index contributed by atoms with van der Waals surface area (Å²) in [7, 11) is 1.60. The molecule has 0 bridgehead atoms. The fraction of sp³-hybridized carbons (Fsp3) is 0.500. The third-order valence-electron chi connectivity index (χ3n) is 4.82. The van der Waals surface area contributed by atoms with Gasteiger partial charge < -0.3 is 15.5 Å². The Labute approximate surface area is 141 Å². The van der Waals surface area contributed by atoms with Crippen molar-refractivity contribution in [1.82, 2.24) is 10.6 Å². The first-order valence-electron chi connectivity index (χ1n) is 8.47. The van der Waals surface area contributed by atoms with Gasteiger partial charge in [-0.05, 0) is 18.4 Å². The molecule has 1 aromatic carbocycles. The summed E-state index contributed by atoms with van der Waals surface area (Å²) in [6.45, 7) is 0. The Hall–Kier alpha value is -2.37. The molecule has 1 aromatic rings. The third-order valence-corrected chi connectivity index (χ3v) is 4.82. The van der Waals surface area contributed by atoms with Crippen molar-refractivity contribution in [2.45, 2.75) is 50.2 Å². The second-order valence-electron chi connectivity index (χ2n) is 6.42. The molecule has 6 heteroatoms. The molecule has 0 aromatic heterocycles. The van der Waals surface area contributed by atoms with Crippen LogP contribution in [0.2, 0.25) is 0 Å². The minimum atomic E-state index is -0.822. The van der Waals surface area contributed by atoms with Gasteiger partial charge in [0.25, 0.3) is 5.91 Å². The molecule has 24 heavy (non-hydrogen) atoms. The summed E-state index contributed by atoms with van der Waals surface area (Å²) in [6.07, 6.45) is 4.46. The van der Waals surface area contributed by atoms with Gasteiger partial charge in [0.15, 0.2) is 6.10 Å². The van der Waals surface area contributed by atoms with E-state index >= 15 is 0 Å². The first-order valence-corrected chi connectivity index (χ1v) is 8.47. The van der Waals surface area contributed by atoms with Crippen molar-refractivity contribution in [3.8, 4) is 0 Å². The number of rotatable bonds is 4. The molecule has 0 saturated heterocycles. The number of benzene rings is 1. The van der Waals surface area contributed by atoms with Gasteiger partial charge in [-0.2, -0.15) is 0 Å². The molecule has 1 heterocycles. The third kappa shape index (κ3) is 3.27. The van der Waals surface area contributed by atoms with Crippen LogP contribution in [0.1, 0.15) is 50.2 Å². The van der Waals surface area contributed by atoms with Crippen LogP contribution in [0.25, 0.3) is 0 Å². The maximum absolute atomic E-state index is 12.6. The second-order valence-corrected chi connectivity index (χ2v) is 6.42. The largest absolute Gasteiger partial charge is 0.387 e. The van der Waals surface area contributed by atoms with Crippen molar-refractivity contribution in [1.29, 1.82) is 0 Å². The summed E-state index contributed by atoms with van der Waals surface area (Å²) in [5.41, 5.74) is 0.512. The number of oxime groups is 1. The van der Waals surface area contributed by atoms with E-state index in [9.17, 15) is 9.59 Å². The first-order chi connectivity index (χ1) is 11.6. The van der Waals surface area contributed by atoms with Crippen LogP contribution in [0.3, 0.4) is 0 Å². The highest BCUT2D eigenvalue weighted by molar-refractivity contribution is 6.39. The standard InChI is InChI=1S/C18H23N3O3/c1-19-17(23)18(10-6-3-7-11-18)20-16(22)14-12-15(24-21-14)13-8-4-2-5-9-13/h2,4-5,8-9,15H,3,6-7,10-12H2,1H3,(H,19,23)(H,20,22). The summed E-state index contributed by atoms with van der Waals surface area (Å²) >= 11 is 0. The Morgan fingerprint density at radius 1 is 1.17 bits per heavy atom. The smallest absolute Gasteiger partial charge is 0.270 e. The number of carbonyl (C=O) groups excluding carboxylic acids is 2. The summed E-state index contributed by atoms with van der Waals surface area (Å²) in [5.74, 6) is -0.436. The van der Waals surface area contributed by atoms with Crippen LogP contribution >= 0.6 is 0 Å². The molecular formula is C18H23N3O3. The van der Waals surface area contributed by atoms with Gasteiger partial charge in [0.2, 0.25) is 5.91 Å². The highest BCUT2D eigenvalue weighted by Crippen LogP contribution is 2.30. The Morgan fingerprint density at radius 3 is 2.54 bits per heavy atom. The number of likely N-dealkylation sites (N-methyl/N-ethyl adjacent to an activating group) is 1. The minimum Gasteiger partial charge on any atom is -0.387 e. The van der Waals surface area contributed by atoms with E-state index in [1.54, 1.807) is 7.05 Å². The van der Waals surface area contributed by atoms with E-state index in [1.807, 2.05) is 30.3 Å². The molecule has 1 fully saturated rings. The predicted molar refractivity (Wildman–Crippen MR) is 90.3 cm³/mol. The molecule has 2 amide bonds. The number of hydrogen-bond acceptors (Lipinski definition) is 4. The Balaban J connectivity index is 1.67. The topological polar surface area (TPSA) is 79.8 Å². The van der Waals surface area contributed by atoms with Gasteiger partial charge >= 0.3 is 0 Å². The van der Waals surface area contributed by atoms with Gasteiger partial charge in [-0.25, -0.2) is 0 Å². The fourth-order valence-corrected chi connectivity index (χ4v) is 3.45. The number of amides is 2. The van der Waals surface area contributed by atoms with Gasteiger partial charge in [0, 0.05) is 13.5 Å². The zero-order valence-electron chi connectivity index (χ0n) is 13.9. The van der Waals surface area contributed by atoms with Crippen LogP contribution in [0, 0.1) is 0 Å². The zero-order chi connectivity index (χ0) is 17.0. The van der Waals surface area contributed by atoms with Crippen molar-refractivity contribution < 1.29 is 14.4 Å². The van der Waals surface area contributed by atoms with Gasteiger partial charge in [0.05, 0.1) is 0 Å². The zero-order valence-corrected chi connectivity index (χ0v) is 13.9. The molecule has 1 aliphatic heterocycles. The molecular weight excluding hydrogens is 306 g/mol. The minimum absolute atomic E-state index is 0.130. The van der Waals surface area contributed by atoms with Crippen LogP contribution in [-0.2, 0) is 14.4 Å². The van der Waals surface area contributed by atoms with Crippen LogP contribution in [0.15, 0.2) is 35.5 Å². The van der Waals surface area contributed by atoms with E-state index < -0.39 is 5.54 Å². The Morgan fingerprint density at radius 2 is 1.88 bits per heavy atom. The van der Waals surface area contributed by atoms with E-state index in [1.165, 1.54) is 0 Å². The highest BCUT2D eigenvalue weighted by Gasteiger charge is 2.41. The summed E-state index contributed by atoms with van der Waals surface area (Å²) in [5, 5.41) is 9.56. The lowest BCUT2D eigenvalue weighted by Crippen LogP contribution is -2.60. The maximum atomic E-state index is 12.6. The second kappa shape index (κ2) is 7.03. The van der Waals surface area contributed by atoms with Crippen LogP contribution in [0.4, 0.5) is 0 Å². The average molecular weight is 329 g/mol. The fourth-order valence-electron chi connectivity index (χ4n) is 3.45. The van der Waals surface area contributed by atoms with E-state index in [0.29, 0.717) is 25.0 Å². The monoisotopic (exact) mass is 329 g/mol. The van der Waals surface area contributed by atoms with Crippen molar-refractivity contribution in [3.05, 3.63) is 35.9 Å². The molecule has 2 N–H and O–H groups in total. The SMILES string of the molecule is CNC(=O)C1(NC(=O)C2=NOC(c3ccccc3)C2)CCCCC1. The summed E-state index contributed by atoms with van der Waals surface area (Å²) in [6, 6.07) is 9.70. The van der Waals surface area contributed by atoms with E-state index in [2.05, 4.69) is 15.8 Å². The van der Waals surface area contributed by atoms with Crippen LogP contribution < -0.4 is 10.6 Å². The van der Waals surface area contributed by atoms with Crippen molar-refractivity contribution in [3.63, 3.8) is 0 Å². The number of nitrogens with zero attached hydrogens (tertiary/aromatic N) is 1. The lowest BCUT2D eigenvalue weighted by molar-refractivity contribution is -0.132. The molecule has 1 aliphatic carbocycles. The van der Waals surface area contributed by atoms with E-state index in [0.717, 1.165) is 24.8 Å². The maximum Gasteiger partial charge on any atom is 0.270 e. The van der Waals surface area contributed by atoms with Crippen molar-refractivity contribution in [2.24, 2.45) is 5.16 Å². The predicted octanol–water partition coefficient (Wildman–Crippen LogP) is 2.07. The molecule has 1 saturated carbocycles. The van der Waals surface area contributed by atoms with E-state index in [4.69, 9.17) is 4.84 Å². The molecule has 2 aliphatic rings. The van der Waals surface area contributed by atoms with Crippen molar-refractivity contribution in [2.75, 3.05) is 7.05 Å². The molecule has 1 atom stereocenters. The lowest BCUT2D eigenvalue weighted by Gasteiger charge is -2.36. The Kier molecular flexibility index (Phi) is 4.83. The highest BCUT2D eigenvalue weighted by atomic mass is 16.6. The lowest BCUT2D eigenvalue weighted by atomic mass is 9.80. The molecule has 128 valence electrons. The average Bonchev–Trinajstić information content (AvgIpc) is 3.13. The number of carbonyl (C=O) groups is 2. The molecule has 1 unspecified atom stereocenters. The first kappa shape index (κ1) is 16.5.